The first-order valence-electron chi connectivity index (χ1n) is 7.25. The van der Waals surface area contributed by atoms with Crippen molar-refractivity contribution in [1.29, 1.82) is 0 Å². The minimum absolute atomic E-state index is 0.152. The molecule has 0 aliphatic heterocycles. The number of hydrogen-bond acceptors (Lipinski definition) is 3. The van der Waals surface area contributed by atoms with Gasteiger partial charge < -0.3 is 15.7 Å². The van der Waals surface area contributed by atoms with Gasteiger partial charge in [-0.2, -0.15) is 0 Å². The molecule has 0 aromatic heterocycles. The van der Waals surface area contributed by atoms with E-state index in [0.717, 1.165) is 0 Å². The highest BCUT2D eigenvalue weighted by atomic mass is 19.1. The lowest BCUT2D eigenvalue weighted by Gasteiger charge is -2.24. The fourth-order valence-electron chi connectivity index (χ4n) is 1.88. The Hall–Kier alpha value is -1.95. The molecule has 0 saturated carbocycles. The number of carbonyl (C=O) groups excluding carboxylic acids is 2. The van der Waals surface area contributed by atoms with Crippen molar-refractivity contribution in [3.05, 3.63) is 35.6 Å². The van der Waals surface area contributed by atoms with E-state index in [9.17, 15) is 19.1 Å². The predicted molar refractivity (Wildman–Crippen MR) is 81.5 cm³/mol. The van der Waals surface area contributed by atoms with E-state index >= 15 is 0 Å². The SMILES string of the molecule is CCNC(=O)C(C)(C)CNC(=O)CC(O)c1cccc(F)c1. The lowest BCUT2D eigenvalue weighted by atomic mass is 9.92. The molecular weight excluding hydrogens is 287 g/mol. The second-order valence-electron chi connectivity index (χ2n) is 5.79. The van der Waals surface area contributed by atoms with Crippen molar-refractivity contribution in [2.75, 3.05) is 13.1 Å². The van der Waals surface area contributed by atoms with E-state index in [2.05, 4.69) is 10.6 Å². The summed E-state index contributed by atoms with van der Waals surface area (Å²) in [6.07, 6.45) is -1.27. The second-order valence-corrected chi connectivity index (χ2v) is 5.79. The summed E-state index contributed by atoms with van der Waals surface area (Å²) in [5, 5.41) is 15.3. The molecule has 1 aromatic rings. The van der Waals surface area contributed by atoms with Crippen molar-refractivity contribution in [3.8, 4) is 0 Å². The highest BCUT2D eigenvalue weighted by molar-refractivity contribution is 5.83. The van der Waals surface area contributed by atoms with E-state index < -0.39 is 23.2 Å². The average molecular weight is 310 g/mol. The predicted octanol–water partition coefficient (Wildman–Crippen LogP) is 1.53. The van der Waals surface area contributed by atoms with Gasteiger partial charge in [0.1, 0.15) is 5.82 Å². The highest BCUT2D eigenvalue weighted by Gasteiger charge is 2.27. The molecule has 5 nitrogen and oxygen atoms in total. The Morgan fingerprint density at radius 3 is 2.59 bits per heavy atom. The van der Waals surface area contributed by atoms with Gasteiger partial charge in [-0.3, -0.25) is 9.59 Å². The van der Waals surface area contributed by atoms with Crippen LogP contribution >= 0.6 is 0 Å². The summed E-state index contributed by atoms with van der Waals surface area (Å²) in [4.78, 5) is 23.6. The van der Waals surface area contributed by atoms with E-state index in [-0.39, 0.29) is 18.9 Å². The van der Waals surface area contributed by atoms with Gasteiger partial charge in [-0.05, 0) is 38.5 Å². The maximum Gasteiger partial charge on any atom is 0.227 e. The van der Waals surface area contributed by atoms with Gasteiger partial charge in [0, 0.05) is 13.1 Å². The molecule has 0 saturated heterocycles. The Balaban J connectivity index is 2.51. The zero-order valence-electron chi connectivity index (χ0n) is 13.1. The Morgan fingerprint density at radius 2 is 2.00 bits per heavy atom. The monoisotopic (exact) mass is 310 g/mol. The second kappa shape index (κ2) is 7.89. The van der Waals surface area contributed by atoms with Crippen LogP contribution in [0.4, 0.5) is 4.39 Å². The molecule has 2 amide bonds. The van der Waals surface area contributed by atoms with Gasteiger partial charge >= 0.3 is 0 Å². The van der Waals surface area contributed by atoms with Crippen LogP contribution in [-0.2, 0) is 9.59 Å². The van der Waals surface area contributed by atoms with E-state index in [4.69, 9.17) is 0 Å². The smallest absolute Gasteiger partial charge is 0.227 e. The number of rotatable bonds is 7. The van der Waals surface area contributed by atoms with E-state index in [1.54, 1.807) is 19.9 Å². The number of hydrogen-bond donors (Lipinski definition) is 3. The number of carbonyl (C=O) groups is 2. The molecule has 1 atom stereocenters. The van der Waals surface area contributed by atoms with E-state index in [1.807, 2.05) is 6.92 Å². The highest BCUT2D eigenvalue weighted by Crippen LogP contribution is 2.18. The molecule has 0 heterocycles. The van der Waals surface area contributed by atoms with E-state index in [1.165, 1.54) is 18.2 Å². The number of amides is 2. The van der Waals surface area contributed by atoms with Gasteiger partial charge in [-0.1, -0.05) is 12.1 Å². The molecule has 0 spiro atoms. The van der Waals surface area contributed by atoms with Gasteiger partial charge in [0.05, 0.1) is 17.9 Å². The molecule has 1 rings (SSSR count). The fraction of sp³-hybridized carbons (Fsp3) is 0.500. The van der Waals surface area contributed by atoms with Crippen molar-refractivity contribution < 1.29 is 19.1 Å². The number of nitrogens with one attached hydrogen (secondary N) is 2. The van der Waals surface area contributed by atoms with Gasteiger partial charge in [-0.15, -0.1) is 0 Å². The first kappa shape index (κ1) is 18.1. The van der Waals surface area contributed by atoms with Crippen molar-refractivity contribution in [2.45, 2.75) is 33.3 Å². The van der Waals surface area contributed by atoms with Crippen LogP contribution in [0.3, 0.4) is 0 Å². The lowest BCUT2D eigenvalue weighted by molar-refractivity contribution is -0.130. The first-order valence-corrected chi connectivity index (χ1v) is 7.25. The van der Waals surface area contributed by atoms with Crippen molar-refractivity contribution in [3.63, 3.8) is 0 Å². The molecule has 0 bridgehead atoms. The molecule has 3 N–H and O–H groups in total. The van der Waals surface area contributed by atoms with Gasteiger partial charge in [0.2, 0.25) is 11.8 Å². The van der Waals surface area contributed by atoms with Gasteiger partial charge in [0.15, 0.2) is 0 Å². The molecule has 0 fully saturated rings. The quantitative estimate of drug-likeness (QED) is 0.714. The van der Waals surface area contributed by atoms with Crippen LogP contribution in [0.2, 0.25) is 0 Å². The van der Waals surface area contributed by atoms with Crippen molar-refractivity contribution in [2.24, 2.45) is 5.41 Å². The number of benzene rings is 1. The van der Waals surface area contributed by atoms with Crippen LogP contribution in [0.25, 0.3) is 0 Å². The summed E-state index contributed by atoms with van der Waals surface area (Å²) in [5.74, 6) is -1.01. The molecule has 0 aliphatic rings. The zero-order valence-corrected chi connectivity index (χ0v) is 13.1. The van der Waals surface area contributed by atoms with Crippen LogP contribution in [0.5, 0.6) is 0 Å². The minimum atomic E-state index is -1.08. The zero-order chi connectivity index (χ0) is 16.8. The maximum atomic E-state index is 13.1. The third kappa shape index (κ3) is 5.44. The lowest BCUT2D eigenvalue weighted by Crippen LogP contribution is -2.45. The van der Waals surface area contributed by atoms with Crippen LogP contribution in [-0.4, -0.2) is 30.0 Å². The molecule has 0 aliphatic carbocycles. The average Bonchev–Trinajstić information content (AvgIpc) is 2.45. The summed E-state index contributed by atoms with van der Waals surface area (Å²) in [5.41, 5.74) is -0.395. The molecule has 1 aromatic carbocycles. The summed E-state index contributed by atoms with van der Waals surface area (Å²) in [6, 6.07) is 5.49. The normalized spacial score (nSPS) is 12.6. The Bertz CT molecular complexity index is 532. The largest absolute Gasteiger partial charge is 0.388 e. The summed E-state index contributed by atoms with van der Waals surface area (Å²) < 4.78 is 13.1. The summed E-state index contributed by atoms with van der Waals surface area (Å²) in [7, 11) is 0. The van der Waals surface area contributed by atoms with Crippen LogP contribution in [0.1, 0.15) is 38.9 Å². The number of aliphatic hydroxyl groups excluding tert-OH is 1. The Labute approximate surface area is 129 Å². The molecule has 6 heteroatoms. The fourth-order valence-corrected chi connectivity index (χ4v) is 1.88. The summed E-state index contributed by atoms with van der Waals surface area (Å²) in [6.45, 7) is 5.95. The van der Waals surface area contributed by atoms with Crippen LogP contribution in [0.15, 0.2) is 24.3 Å². The van der Waals surface area contributed by atoms with Crippen LogP contribution < -0.4 is 10.6 Å². The Morgan fingerprint density at radius 1 is 1.32 bits per heavy atom. The third-order valence-corrected chi connectivity index (χ3v) is 3.29. The van der Waals surface area contributed by atoms with Gasteiger partial charge in [-0.25, -0.2) is 4.39 Å². The van der Waals surface area contributed by atoms with Crippen LogP contribution in [0, 0.1) is 11.2 Å². The molecule has 0 radical (unpaired) electrons. The van der Waals surface area contributed by atoms with Crippen molar-refractivity contribution in [1.82, 2.24) is 10.6 Å². The minimum Gasteiger partial charge on any atom is -0.388 e. The Kier molecular flexibility index (Phi) is 6.49. The first-order chi connectivity index (χ1) is 10.3. The molecule has 22 heavy (non-hydrogen) atoms. The van der Waals surface area contributed by atoms with Crippen molar-refractivity contribution >= 4 is 11.8 Å². The maximum absolute atomic E-state index is 13.1. The molecule has 1 unspecified atom stereocenters. The number of halogens is 1. The summed E-state index contributed by atoms with van der Waals surface area (Å²) >= 11 is 0. The van der Waals surface area contributed by atoms with E-state index in [0.29, 0.717) is 12.1 Å². The number of aliphatic hydroxyl groups is 1. The topological polar surface area (TPSA) is 78.4 Å². The molecular formula is C16H23FN2O3. The molecule has 122 valence electrons. The van der Waals surface area contributed by atoms with Gasteiger partial charge in [0.25, 0.3) is 0 Å². The third-order valence-electron chi connectivity index (χ3n) is 3.29. The standard InChI is InChI=1S/C16H23FN2O3/c1-4-18-15(22)16(2,3)10-19-14(21)9-13(20)11-6-5-7-12(17)8-11/h5-8,13,20H,4,9-10H2,1-3H3,(H,18,22)(H,19,21).